The fourth-order valence-corrected chi connectivity index (χ4v) is 6.41. The van der Waals surface area contributed by atoms with Gasteiger partial charge in [0.1, 0.15) is 10.4 Å². The number of hydrogen-bond donors (Lipinski definition) is 1. The molecular weight excluding hydrogens is 404 g/mol. The third-order valence-corrected chi connectivity index (χ3v) is 7.90. The van der Waals surface area contributed by atoms with E-state index in [1.165, 1.54) is 16.6 Å². The minimum atomic E-state index is -0.734. The first-order valence-corrected chi connectivity index (χ1v) is 11.9. The summed E-state index contributed by atoms with van der Waals surface area (Å²) < 4.78 is 1.62. The van der Waals surface area contributed by atoms with Gasteiger partial charge in [-0.15, -0.1) is 17.9 Å². The lowest BCUT2D eigenvalue weighted by molar-refractivity contribution is -0.119. The van der Waals surface area contributed by atoms with E-state index in [9.17, 15) is 14.9 Å². The lowest BCUT2D eigenvalue weighted by Crippen LogP contribution is -2.45. The molecule has 2 aliphatic rings. The molecule has 0 aliphatic heterocycles. The van der Waals surface area contributed by atoms with Crippen LogP contribution in [0, 0.1) is 11.3 Å². The maximum absolute atomic E-state index is 13.2. The third-order valence-electron chi connectivity index (χ3n) is 5.73. The second-order valence-electron chi connectivity index (χ2n) is 7.73. The summed E-state index contributed by atoms with van der Waals surface area (Å²) in [6, 6.07) is 2.28. The van der Waals surface area contributed by atoms with Crippen LogP contribution in [0.3, 0.4) is 0 Å². The van der Waals surface area contributed by atoms with Gasteiger partial charge in [0.15, 0.2) is 5.16 Å². The number of thioether (sulfide) groups is 1. The van der Waals surface area contributed by atoms with Gasteiger partial charge < -0.3 is 5.32 Å². The van der Waals surface area contributed by atoms with Gasteiger partial charge in [-0.2, -0.15) is 5.26 Å². The van der Waals surface area contributed by atoms with Gasteiger partial charge in [-0.1, -0.05) is 17.8 Å². The lowest BCUT2D eigenvalue weighted by Gasteiger charge is -2.21. The van der Waals surface area contributed by atoms with Crippen LogP contribution in [0.5, 0.6) is 0 Å². The SMILES string of the molecule is C=CCn1c(SCC(=O)NC2(C#N)CCCC2)nc2sc3c(c2c1=O)CCCC3. The topological polar surface area (TPSA) is 87.8 Å². The van der Waals surface area contributed by atoms with E-state index in [4.69, 9.17) is 4.98 Å². The zero-order valence-electron chi connectivity index (χ0n) is 16.3. The predicted octanol–water partition coefficient (Wildman–Crippen LogP) is 3.57. The van der Waals surface area contributed by atoms with Gasteiger partial charge in [0, 0.05) is 11.4 Å². The van der Waals surface area contributed by atoms with Crippen LogP contribution in [0.1, 0.15) is 49.0 Å². The highest BCUT2D eigenvalue weighted by atomic mass is 32.2. The van der Waals surface area contributed by atoms with Crippen LogP contribution in [0.25, 0.3) is 10.2 Å². The maximum atomic E-state index is 13.2. The zero-order valence-corrected chi connectivity index (χ0v) is 18.0. The van der Waals surface area contributed by atoms with Crippen molar-refractivity contribution in [1.82, 2.24) is 14.9 Å². The Labute approximate surface area is 178 Å². The molecule has 0 bridgehead atoms. The van der Waals surface area contributed by atoms with E-state index in [1.54, 1.807) is 22.0 Å². The zero-order chi connectivity index (χ0) is 20.4. The molecule has 29 heavy (non-hydrogen) atoms. The van der Waals surface area contributed by atoms with Crippen molar-refractivity contribution in [2.24, 2.45) is 0 Å². The summed E-state index contributed by atoms with van der Waals surface area (Å²) in [4.78, 5) is 32.5. The number of nitrogens with zero attached hydrogens (tertiary/aromatic N) is 3. The standard InChI is InChI=1S/C21H24N4O2S2/c1-2-11-25-19(27)17-14-7-3-4-8-15(14)29-18(17)23-20(25)28-12-16(26)24-21(13-22)9-5-6-10-21/h2H,1,3-12H2,(H,24,26). The van der Waals surface area contributed by atoms with Gasteiger partial charge >= 0.3 is 0 Å². The van der Waals surface area contributed by atoms with Crippen molar-refractivity contribution in [2.75, 3.05) is 5.75 Å². The maximum Gasteiger partial charge on any atom is 0.263 e. The quantitative estimate of drug-likeness (QED) is 0.432. The number of thiophene rings is 1. The first-order chi connectivity index (χ1) is 14.1. The highest BCUT2D eigenvalue weighted by Gasteiger charge is 2.35. The van der Waals surface area contributed by atoms with Crippen LogP contribution in [0.2, 0.25) is 0 Å². The molecular formula is C21H24N4O2S2. The molecule has 1 N–H and O–H groups in total. The molecule has 0 unspecified atom stereocenters. The Bertz CT molecular complexity index is 1060. The molecule has 2 heterocycles. The van der Waals surface area contributed by atoms with Crippen molar-refractivity contribution in [3.05, 3.63) is 33.4 Å². The molecule has 8 heteroatoms. The molecule has 0 saturated heterocycles. The van der Waals surface area contributed by atoms with E-state index in [0.29, 0.717) is 24.5 Å². The minimum Gasteiger partial charge on any atom is -0.337 e. The number of nitriles is 1. The van der Waals surface area contributed by atoms with E-state index in [1.807, 2.05) is 0 Å². The van der Waals surface area contributed by atoms with E-state index < -0.39 is 5.54 Å². The van der Waals surface area contributed by atoms with E-state index in [2.05, 4.69) is 18.0 Å². The number of carbonyl (C=O) groups excluding carboxylic acids is 1. The summed E-state index contributed by atoms with van der Waals surface area (Å²) in [6.45, 7) is 4.13. The minimum absolute atomic E-state index is 0.0403. The Hall–Kier alpha value is -2.11. The highest BCUT2D eigenvalue weighted by Crippen LogP contribution is 2.35. The van der Waals surface area contributed by atoms with E-state index >= 15 is 0 Å². The summed E-state index contributed by atoms with van der Waals surface area (Å²) in [5.74, 6) is -0.0627. The fourth-order valence-electron chi connectivity index (χ4n) is 4.30. The number of aromatic nitrogens is 2. The Morgan fingerprint density at radius 3 is 2.83 bits per heavy atom. The van der Waals surface area contributed by atoms with Crippen molar-refractivity contribution in [3.63, 3.8) is 0 Å². The molecule has 1 saturated carbocycles. The Morgan fingerprint density at radius 1 is 1.34 bits per heavy atom. The van der Waals surface area contributed by atoms with E-state index in [0.717, 1.165) is 54.3 Å². The average Bonchev–Trinajstić information content (AvgIpc) is 3.33. The van der Waals surface area contributed by atoms with E-state index in [-0.39, 0.29) is 17.2 Å². The van der Waals surface area contributed by atoms with Gasteiger partial charge in [-0.3, -0.25) is 14.2 Å². The molecule has 0 radical (unpaired) electrons. The Kier molecular flexibility index (Phi) is 5.79. The van der Waals surface area contributed by atoms with Crippen LogP contribution < -0.4 is 10.9 Å². The molecule has 0 spiro atoms. The number of nitrogens with one attached hydrogen (secondary N) is 1. The number of rotatable bonds is 6. The molecule has 2 aliphatic carbocycles. The normalized spacial score (nSPS) is 17.6. The Morgan fingerprint density at radius 2 is 2.10 bits per heavy atom. The molecule has 2 aromatic rings. The van der Waals surface area contributed by atoms with Gasteiger partial charge in [0.25, 0.3) is 5.56 Å². The molecule has 2 aromatic heterocycles. The van der Waals surface area contributed by atoms with Crippen molar-refractivity contribution >= 4 is 39.2 Å². The van der Waals surface area contributed by atoms with Crippen LogP contribution in [-0.2, 0) is 24.2 Å². The van der Waals surface area contributed by atoms with Crippen molar-refractivity contribution in [2.45, 2.75) is 68.6 Å². The molecule has 1 fully saturated rings. The van der Waals surface area contributed by atoms with Crippen molar-refractivity contribution in [3.8, 4) is 6.07 Å². The first-order valence-electron chi connectivity index (χ1n) is 10.1. The monoisotopic (exact) mass is 428 g/mol. The smallest absolute Gasteiger partial charge is 0.263 e. The number of hydrogen-bond acceptors (Lipinski definition) is 6. The molecule has 152 valence electrons. The van der Waals surface area contributed by atoms with Crippen molar-refractivity contribution < 1.29 is 4.79 Å². The molecule has 6 nitrogen and oxygen atoms in total. The second-order valence-corrected chi connectivity index (χ2v) is 9.75. The van der Waals surface area contributed by atoms with Gasteiger partial charge in [-0.25, -0.2) is 4.98 Å². The van der Waals surface area contributed by atoms with Gasteiger partial charge in [-0.05, 0) is 56.9 Å². The second kappa shape index (κ2) is 8.33. The summed E-state index contributed by atoms with van der Waals surface area (Å²) >= 11 is 2.86. The van der Waals surface area contributed by atoms with Crippen LogP contribution in [0.15, 0.2) is 22.6 Å². The number of fused-ring (bicyclic) bond motifs is 3. The average molecular weight is 429 g/mol. The summed E-state index contributed by atoms with van der Waals surface area (Å²) in [5.41, 5.74) is 0.391. The number of allylic oxidation sites excluding steroid dienone is 1. The van der Waals surface area contributed by atoms with Crippen LogP contribution >= 0.6 is 23.1 Å². The van der Waals surface area contributed by atoms with Gasteiger partial charge in [0.2, 0.25) is 5.91 Å². The predicted molar refractivity (Wildman–Crippen MR) is 116 cm³/mol. The fraction of sp³-hybridized carbons (Fsp3) is 0.524. The summed E-state index contributed by atoms with van der Waals surface area (Å²) in [5, 5.41) is 13.6. The summed E-state index contributed by atoms with van der Waals surface area (Å²) in [6.07, 6.45) is 9.21. The molecule has 1 amide bonds. The molecule has 4 rings (SSSR count). The number of amides is 1. The summed E-state index contributed by atoms with van der Waals surface area (Å²) in [7, 11) is 0. The Balaban J connectivity index is 1.60. The lowest BCUT2D eigenvalue weighted by atomic mass is 9.97. The largest absolute Gasteiger partial charge is 0.337 e. The first kappa shape index (κ1) is 20.2. The highest BCUT2D eigenvalue weighted by molar-refractivity contribution is 7.99. The number of aryl methyl sites for hydroxylation is 2. The number of carbonyl (C=O) groups is 1. The third kappa shape index (κ3) is 3.86. The van der Waals surface area contributed by atoms with Gasteiger partial charge in [0.05, 0.1) is 17.2 Å². The van der Waals surface area contributed by atoms with Crippen LogP contribution in [-0.4, -0.2) is 26.8 Å². The molecule has 0 aromatic carbocycles. The van der Waals surface area contributed by atoms with Crippen molar-refractivity contribution in [1.29, 1.82) is 5.26 Å². The van der Waals surface area contributed by atoms with Crippen LogP contribution in [0.4, 0.5) is 0 Å². The molecule has 0 atom stereocenters.